The summed E-state index contributed by atoms with van der Waals surface area (Å²) in [6.07, 6.45) is 5.35. The number of ketones is 1. The van der Waals surface area contributed by atoms with Gasteiger partial charge >= 0.3 is 0 Å². The summed E-state index contributed by atoms with van der Waals surface area (Å²) in [7, 11) is 0. The van der Waals surface area contributed by atoms with E-state index in [9.17, 15) is 9.90 Å². The third-order valence-electron chi connectivity index (χ3n) is 3.00. The van der Waals surface area contributed by atoms with Gasteiger partial charge in [-0.3, -0.25) is 4.79 Å². The normalized spacial score (nSPS) is 19.8. The summed E-state index contributed by atoms with van der Waals surface area (Å²) in [5, 5.41) is 9.62. The van der Waals surface area contributed by atoms with Crippen LogP contribution < -0.4 is 0 Å². The molecule has 0 unspecified atom stereocenters. The quantitative estimate of drug-likeness (QED) is 0.684. The zero-order chi connectivity index (χ0) is 10.8. The first-order valence-corrected chi connectivity index (χ1v) is 5.49. The molecule has 0 fully saturated rings. The van der Waals surface area contributed by atoms with Crippen molar-refractivity contribution in [3.05, 3.63) is 11.3 Å². The van der Waals surface area contributed by atoms with E-state index < -0.39 is 5.41 Å². The second kappa shape index (κ2) is 4.16. The van der Waals surface area contributed by atoms with Gasteiger partial charge in [-0.25, -0.2) is 0 Å². The Morgan fingerprint density at radius 1 is 1.21 bits per heavy atom. The zero-order valence-corrected chi connectivity index (χ0v) is 9.39. The molecule has 0 aromatic carbocycles. The highest BCUT2D eigenvalue weighted by Gasteiger charge is 2.45. The first kappa shape index (κ1) is 11.3. The molecule has 0 amide bonds. The lowest BCUT2D eigenvalue weighted by atomic mass is 9.69. The third-order valence-corrected chi connectivity index (χ3v) is 3.00. The largest absolute Gasteiger partial charge is 0.511 e. The van der Waals surface area contributed by atoms with Gasteiger partial charge in [0.2, 0.25) is 0 Å². The SMILES string of the molecule is CCCCCCC1=C(O)C(C)(C)C1=O. The molecule has 0 radical (unpaired) electrons. The second-order valence-corrected chi connectivity index (χ2v) is 4.59. The van der Waals surface area contributed by atoms with Gasteiger partial charge in [-0.15, -0.1) is 0 Å². The Hall–Kier alpha value is -0.790. The van der Waals surface area contributed by atoms with E-state index in [1.54, 1.807) is 13.8 Å². The number of carbonyl (C=O) groups is 1. The predicted octanol–water partition coefficient (Wildman–Crippen LogP) is 3.38. The van der Waals surface area contributed by atoms with E-state index >= 15 is 0 Å². The standard InChI is InChI=1S/C12H20O2/c1-4-5-6-7-8-9-10(13)12(2,3)11(9)14/h13H,4-8H2,1-3H3. The number of Topliss-reactive ketones (excluding diaryl/α,β-unsaturated/α-hetero) is 1. The van der Waals surface area contributed by atoms with Gasteiger partial charge in [0.15, 0.2) is 5.78 Å². The smallest absolute Gasteiger partial charge is 0.175 e. The van der Waals surface area contributed by atoms with Gasteiger partial charge in [0, 0.05) is 5.57 Å². The highest BCUT2D eigenvalue weighted by atomic mass is 16.3. The Morgan fingerprint density at radius 2 is 1.86 bits per heavy atom. The molecule has 1 rings (SSSR count). The van der Waals surface area contributed by atoms with Gasteiger partial charge in [-0.2, -0.15) is 0 Å². The number of unbranched alkanes of at least 4 members (excludes halogenated alkanes) is 3. The maximum absolute atomic E-state index is 11.5. The molecule has 1 N–H and O–H groups in total. The molecule has 14 heavy (non-hydrogen) atoms. The van der Waals surface area contributed by atoms with Crippen molar-refractivity contribution >= 4 is 5.78 Å². The molecule has 2 heteroatoms. The summed E-state index contributed by atoms with van der Waals surface area (Å²) in [5.74, 6) is 0.450. The average Bonchev–Trinajstić information content (AvgIpc) is 2.17. The van der Waals surface area contributed by atoms with Crippen LogP contribution in [0.1, 0.15) is 52.9 Å². The monoisotopic (exact) mass is 196 g/mol. The topological polar surface area (TPSA) is 37.3 Å². The van der Waals surface area contributed by atoms with Crippen LogP contribution in [0.5, 0.6) is 0 Å². The van der Waals surface area contributed by atoms with E-state index in [1.807, 2.05) is 0 Å². The van der Waals surface area contributed by atoms with Gasteiger partial charge in [0.25, 0.3) is 0 Å². The van der Waals surface area contributed by atoms with E-state index in [1.165, 1.54) is 12.8 Å². The van der Waals surface area contributed by atoms with Crippen LogP contribution in [0.15, 0.2) is 11.3 Å². The molecule has 0 saturated heterocycles. The number of rotatable bonds is 5. The molecule has 80 valence electrons. The van der Waals surface area contributed by atoms with Crippen molar-refractivity contribution in [3.8, 4) is 0 Å². The van der Waals surface area contributed by atoms with Crippen molar-refractivity contribution in [2.24, 2.45) is 5.41 Å². The Labute approximate surface area is 86.0 Å². The molecule has 0 spiro atoms. The molecule has 0 aromatic heterocycles. The number of allylic oxidation sites excluding steroid dienone is 2. The summed E-state index contributed by atoms with van der Waals surface area (Å²) >= 11 is 0. The maximum Gasteiger partial charge on any atom is 0.175 e. The summed E-state index contributed by atoms with van der Waals surface area (Å²) in [6.45, 7) is 5.72. The highest BCUT2D eigenvalue weighted by Crippen LogP contribution is 2.42. The number of hydrogen-bond donors (Lipinski definition) is 1. The Kier molecular flexibility index (Phi) is 3.35. The number of aliphatic hydroxyl groups is 1. The van der Waals surface area contributed by atoms with Crippen molar-refractivity contribution in [2.75, 3.05) is 0 Å². The molecule has 1 aliphatic carbocycles. The number of carbonyl (C=O) groups excluding carboxylic acids is 1. The van der Waals surface area contributed by atoms with Crippen LogP contribution in [0.2, 0.25) is 0 Å². The fourth-order valence-corrected chi connectivity index (χ4v) is 1.87. The Bertz CT molecular complexity index is 261. The van der Waals surface area contributed by atoms with Crippen LogP contribution in [0.25, 0.3) is 0 Å². The van der Waals surface area contributed by atoms with Gasteiger partial charge in [-0.1, -0.05) is 26.2 Å². The highest BCUT2D eigenvalue weighted by molar-refractivity contribution is 6.08. The van der Waals surface area contributed by atoms with Gasteiger partial charge in [0.05, 0.1) is 5.41 Å². The molecular weight excluding hydrogens is 176 g/mol. The lowest BCUT2D eigenvalue weighted by Crippen LogP contribution is -2.39. The van der Waals surface area contributed by atoms with E-state index in [0.717, 1.165) is 19.3 Å². The molecule has 0 aromatic rings. The summed E-state index contributed by atoms with van der Waals surface area (Å²) in [5.41, 5.74) is 0.0752. The minimum atomic E-state index is -0.597. The zero-order valence-electron chi connectivity index (χ0n) is 9.39. The van der Waals surface area contributed by atoms with Crippen LogP contribution in [-0.4, -0.2) is 10.9 Å². The predicted molar refractivity (Wildman–Crippen MR) is 57.2 cm³/mol. The summed E-state index contributed by atoms with van der Waals surface area (Å²) < 4.78 is 0. The Balaban J connectivity index is 2.40. The van der Waals surface area contributed by atoms with Gasteiger partial charge in [-0.05, 0) is 26.7 Å². The molecule has 0 saturated carbocycles. The molecule has 1 aliphatic rings. The first-order chi connectivity index (χ1) is 6.51. The van der Waals surface area contributed by atoms with Gasteiger partial charge < -0.3 is 5.11 Å². The molecule has 2 nitrogen and oxygen atoms in total. The third kappa shape index (κ3) is 1.84. The summed E-state index contributed by atoms with van der Waals surface area (Å²) in [4.78, 5) is 11.5. The lowest BCUT2D eigenvalue weighted by molar-refractivity contribution is -0.127. The second-order valence-electron chi connectivity index (χ2n) is 4.59. The minimum absolute atomic E-state index is 0.131. The first-order valence-electron chi connectivity index (χ1n) is 5.49. The van der Waals surface area contributed by atoms with Crippen molar-refractivity contribution in [2.45, 2.75) is 52.9 Å². The number of aliphatic hydroxyl groups excluding tert-OH is 1. The summed E-state index contributed by atoms with van der Waals surface area (Å²) in [6, 6.07) is 0. The Morgan fingerprint density at radius 3 is 2.36 bits per heavy atom. The molecule has 0 aliphatic heterocycles. The molecular formula is C12H20O2. The van der Waals surface area contributed by atoms with Crippen LogP contribution in [0, 0.1) is 5.41 Å². The van der Waals surface area contributed by atoms with Crippen molar-refractivity contribution in [1.29, 1.82) is 0 Å². The van der Waals surface area contributed by atoms with Crippen LogP contribution >= 0.6 is 0 Å². The van der Waals surface area contributed by atoms with E-state index in [2.05, 4.69) is 6.92 Å². The lowest BCUT2D eigenvalue weighted by Gasteiger charge is -2.34. The minimum Gasteiger partial charge on any atom is -0.511 e. The van der Waals surface area contributed by atoms with Gasteiger partial charge in [0.1, 0.15) is 5.76 Å². The number of hydrogen-bond acceptors (Lipinski definition) is 2. The fraction of sp³-hybridized carbons (Fsp3) is 0.750. The molecule has 0 heterocycles. The van der Waals surface area contributed by atoms with Crippen LogP contribution in [0.4, 0.5) is 0 Å². The van der Waals surface area contributed by atoms with Crippen molar-refractivity contribution in [1.82, 2.24) is 0 Å². The van der Waals surface area contributed by atoms with E-state index in [4.69, 9.17) is 0 Å². The fourth-order valence-electron chi connectivity index (χ4n) is 1.87. The molecule has 0 bridgehead atoms. The maximum atomic E-state index is 11.5. The van der Waals surface area contributed by atoms with Crippen molar-refractivity contribution in [3.63, 3.8) is 0 Å². The van der Waals surface area contributed by atoms with Crippen LogP contribution in [0.3, 0.4) is 0 Å². The molecule has 0 atom stereocenters. The van der Waals surface area contributed by atoms with Crippen molar-refractivity contribution < 1.29 is 9.90 Å². The van der Waals surface area contributed by atoms with E-state index in [-0.39, 0.29) is 5.78 Å². The van der Waals surface area contributed by atoms with E-state index in [0.29, 0.717) is 11.3 Å². The van der Waals surface area contributed by atoms with Crippen LogP contribution in [-0.2, 0) is 4.79 Å². The average molecular weight is 196 g/mol.